The second-order valence-corrected chi connectivity index (χ2v) is 2.60. The van der Waals surface area contributed by atoms with Crippen molar-refractivity contribution in [3.05, 3.63) is 36.5 Å². The van der Waals surface area contributed by atoms with Crippen molar-refractivity contribution in [3.8, 4) is 0 Å². The maximum absolute atomic E-state index is 7.00. The van der Waals surface area contributed by atoms with Gasteiger partial charge in [-0.05, 0) is 17.5 Å². The molecule has 0 bridgehead atoms. The molecule has 3 nitrogen and oxygen atoms in total. The van der Waals surface area contributed by atoms with Gasteiger partial charge in [0, 0.05) is 18.8 Å². The molecule has 0 spiro atoms. The lowest BCUT2D eigenvalue weighted by Gasteiger charge is -1.92. The third-order valence-electron chi connectivity index (χ3n) is 1.79. The monoisotopic (exact) mass is 176 g/mol. The first-order valence-electron chi connectivity index (χ1n) is 3.89. The van der Waals surface area contributed by atoms with Crippen molar-refractivity contribution in [2.45, 2.75) is 0 Å². The van der Waals surface area contributed by atoms with Gasteiger partial charge in [-0.1, -0.05) is 18.2 Å². The molecule has 0 saturated heterocycles. The summed E-state index contributed by atoms with van der Waals surface area (Å²) in [5.41, 5.74) is 1.29. The number of benzene rings is 1. The molecule has 13 heavy (non-hydrogen) atoms. The summed E-state index contributed by atoms with van der Waals surface area (Å²) in [6.45, 7) is 0. The van der Waals surface area contributed by atoms with E-state index in [9.17, 15) is 0 Å². The molecular weight excluding hydrogens is 165 g/mol. The molecule has 0 fully saturated rings. The highest BCUT2D eigenvalue weighted by Gasteiger charge is 1.92. The van der Waals surface area contributed by atoms with E-state index in [4.69, 9.17) is 10.0 Å². The number of nitrogens with zero attached hydrogens (tertiary/aromatic N) is 1. The third-order valence-corrected chi connectivity index (χ3v) is 1.79. The molecule has 1 aromatic carbocycles. The number of aryl methyl sites for hydroxylation is 1. The van der Waals surface area contributed by atoms with Gasteiger partial charge in [-0.3, -0.25) is 0 Å². The van der Waals surface area contributed by atoms with Crippen LogP contribution in [0.15, 0.2) is 36.5 Å². The van der Waals surface area contributed by atoms with Crippen molar-refractivity contribution in [2.75, 3.05) is 0 Å². The van der Waals surface area contributed by atoms with Crippen LogP contribution >= 0.6 is 0 Å². The minimum Gasteiger partial charge on any atom is -0.429 e. The lowest BCUT2D eigenvalue weighted by Crippen LogP contribution is -1.81. The molecule has 2 rings (SSSR count). The summed E-state index contributed by atoms with van der Waals surface area (Å²) in [5.74, 6) is 0. The molecule has 0 atom stereocenters. The molecule has 1 aromatic heterocycles. The molecule has 0 aliphatic rings. The molecule has 2 aromatic rings. The van der Waals surface area contributed by atoms with Crippen LogP contribution in [0.5, 0.6) is 0 Å². The maximum Gasteiger partial charge on any atom is 0.482 e. The van der Waals surface area contributed by atoms with Crippen molar-refractivity contribution >= 4 is 18.6 Å². The van der Waals surface area contributed by atoms with Crippen LogP contribution in [-0.4, -0.2) is 22.3 Å². The van der Waals surface area contributed by atoms with Crippen LogP contribution in [0.25, 0.3) is 10.9 Å². The van der Waals surface area contributed by atoms with Crippen molar-refractivity contribution in [1.82, 2.24) is 4.57 Å². The summed E-state index contributed by atoms with van der Waals surface area (Å²) in [6.07, 6.45) is 2.07. The van der Waals surface area contributed by atoms with E-state index in [1.807, 2.05) is 0 Å². The normalized spacial score (nSPS) is 9.15. The zero-order valence-electron chi connectivity index (χ0n) is 7.38. The lowest BCUT2D eigenvalue weighted by atomic mass is 10.2. The summed E-state index contributed by atoms with van der Waals surface area (Å²) in [6, 6.07) is 10.5. The van der Waals surface area contributed by atoms with Crippen molar-refractivity contribution in [3.63, 3.8) is 0 Å². The minimum atomic E-state index is 0. The third kappa shape index (κ3) is 2.34. The van der Waals surface area contributed by atoms with Gasteiger partial charge in [-0.25, -0.2) is 0 Å². The first-order chi connectivity index (χ1) is 6.29. The Labute approximate surface area is 77.5 Å². The number of hydrogen-bond acceptors (Lipinski definition) is 2. The molecule has 1 radical (unpaired) electrons. The maximum atomic E-state index is 7.00. The van der Waals surface area contributed by atoms with E-state index in [1.54, 1.807) is 0 Å². The summed E-state index contributed by atoms with van der Waals surface area (Å²) < 4.78 is 2.12. The molecular formula is C9H11BNO2. The van der Waals surface area contributed by atoms with E-state index < -0.39 is 0 Å². The number of fused-ring (bicyclic) bond motifs is 1. The van der Waals surface area contributed by atoms with Gasteiger partial charge in [-0.15, -0.1) is 0 Å². The quantitative estimate of drug-likeness (QED) is 0.579. The van der Waals surface area contributed by atoms with E-state index in [1.165, 1.54) is 10.9 Å². The second kappa shape index (κ2) is 4.69. The van der Waals surface area contributed by atoms with Crippen LogP contribution in [0.4, 0.5) is 0 Å². The topological polar surface area (TPSA) is 45.4 Å². The summed E-state index contributed by atoms with van der Waals surface area (Å²) in [4.78, 5) is 0. The predicted octanol–water partition coefficient (Wildman–Crippen LogP) is 0.683. The molecule has 2 N–H and O–H groups in total. The van der Waals surface area contributed by atoms with Crippen LogP contribution in [-0.2, 0) is 7.05 Å². The van der Waals surface area contributed by atoms with Gasteiger partial charge in [0.05, 0.1) is 0 Å². The zero-order valence-corrected chi connectivity index (χ0v) is 7.38. The predicted molar refractivity (Wildman–Crippen MR) is 53.1 cm³/mol. The molecule has 0 amide bonds. The average molecular weight is 176 g/mol. The van der Waals surface area contributed by atoms with Crippen LogP contribution in [0.2, 0.25) is 0 Å². The van der Waals surface area contributed by atoms with E-state index in [-0.39, 0.29) is 7.69 Å². The average Bonchev–Trinajstić information content (AvgIpc) is 2.50. The molecule has 4 heteroatoms. The Morgan fingerprint density at radius 2 is 1.77 bits per heavy atom. The molecule has 0 aliphatic carbocycles. The van der Waals surface area contributed by atoms with Crippen molar-refractivity contribution < 1.29 is 10.0 Å². The fourth-order valence-electron chi connectivity index (χ4n) is 1.22. The first kappa shape index (κ1) is 9.83. The van der Waals surface area contributed by atoms with Crippen LogP contribution in [0, 0.1) is 0 Å². The van der Waals surface area contributed by atoms with Gasteiger partial charge in [0.15, 0.2) is 0 Å². The van der Waals surface area contributed by atoms with Gasteiger partial charge in [-0.2, -0.15) is 0 Å². The largest absolute Gasteiger partial charge is 0.482 e. The Kier molecular flexibility index (Phi) is 3.55. The second-order valence-electron chi connectivity index (χ2n) is 2.60. The van der Waals surface area contributed by atoms with Crippen LogP contribution in [0.3, 0.4) is 0 Å². The van der Waals surface area contributed by atoms with Crippen LogP contribution in [0.1, 0.15) is 0 Å². The fourth-order valence-corrected chi connectivity index (χ4v) is 1.22. The van der Waals surface area contributed by atoms with E-state index >= 15 is 0 Å². The minimum absolute atomic E-state index is 0. The standard InChI is InChI=1S/C9H9N.BH2O2/c1-10-7-6-8-4-2-3-5-9(8)10;2-1-3/h2-7H,1H3;2-3H. The molecule has 67 valence electrons. The van der Waals surface area contributed by atoms with E-state index in [0.717, 1.165) is 0 Å². The molecule has 0 aliphatic heterocycles. The Morgan fingerprint density at radius 1 is 1.15 bits per heavy atom. The lowest BCUT2D eigenvalue weighted by molar-refractivity contribution is 0.448. The highest BCUT2D eigenvalue weighted by molar-refractivity contribution is 6.13. The number of rotatable bonds is 0. The Morgan fingerprint density at radius 3 is 2.38 bits per heavy atom. The van der Waals surface area contributed by atoms with Gasteiger partial charge in [0.1, 0.15) is 0 Å². The SMILES string of the molecule is Cn1ccc2ccccc21.O[B]O. The van der Waals surface area contributed by atoms with Gasteiger partial charge in [0.2, 0.25) is 0 Å². The summed E-state index contributed by atoms with van der Waals surface area (Å²) in [7, 11) is 2.06. The van der Waals surface area contributed by atoms with Gasteiger partial charge in [0.25, 0.3) is 0 Å². The number of aromatic nitrogens is 1. The fraction of sp³-hybridized carbons (Fsp3) is 0.111. The number of hydrogen-bond donors (Lipinski definition) is 2. The van der Waals surface area contributed by atoms with E-state index in [0.29, 0.717) is 0 Å². The highest BCUT2D eigenvalue weighted by Crippen LogP contribution is 2.12. The summed E-state index contributed by atoms with van der Waals surface area (Å²) in [5, 5.41) is 15.3. The number of para-hydroxylation sites is 1. The molecule has 1 heterocycles. The first-order valence-corrected chi connectivity index (χ1v) is 3.89. The highest BCUT2D eigenvalue weighted by atomic mass is 16.4. The van der Waals surface area contributed by atoms with Crippen molar-refractivity contribution in [1.29, 1.82) is 0 Å². The van der Waals surface area contributed by atoms with Gasteiger partial charge < -0.3 is 14.6 Å². The van der Waals surface area contributed by atoms with E-state index in [2.05, 4.69) is 48.1 Å². The summed E-state index contributed by atoms with van der Waals surface area (Å²) >= 11 is 0. The van der Waals surface area contributed by atoms with Gasteiger partial charge >= 0.3 is 7.69 Å². The van der Waals surface area contributed by atoms with Crippen molar-refractivity contribution in [2.24, 2.45) is 7.05 Å². The Bertz CT molecular complexity index is 372. The zero-order chi connectivity index (χ0) is 9.68. The molecule has 0 saturated carbocycles. The van der Waals surface area contributed by atoms with Crippen LogP contribution < -0.4 is 0 Å². The smallest absolute Gasteiger partial charge is 0.429 e. The Hall–Kier alpha value is -1.26. The Balaban J connectivity index is 0.000000251. The molecule has 0 unspecified atom stereocenters.